The smallest absolute Gasteiger partial charge is 0.138 e. The Bertz CT molecular complexity index is 590. The molecule has 2 aromatic rings. The predicted molar refractivity (Wildman–Crippen MR) is 82.0 cm³/mol. The fourth-order valence-corrected chi connectivity index (χ4v) is 4.07. The van der Waals surface area contributed by atoms with E-state index >= 15 is 0 Å². The third-order valence-corrected chi connectivity index (χ3v) is 5.25. The molecule has 2 aromatic heterocycles. The minimum Gasteiger partial charge on any atom is -0.367 e. The molecule has 4 heteroatoms. The Hall–Kier alpha value is -1.16. The number of hydrogen-bond donors (Lipinski definition) is 1. The molecule has 19 heavy (non-hydrogen) atoms. The number of rotatable bonds is 3. The quantitative estimate of drug-likeness (QED) is 0.919. The third-order valence-electron chi connectivity index (χ3n) is 4.09. The summed E-state index contributed by atoms with van der Waals surface area (Å²) in [4.78, 5) is 11.6. The zero-order valence-corrected chi connectivity index (χ0v) is 12.7. The first-order chi connectivity index (χ1) is 9.19. The van der Waals surface area contributed by atoms with E-state index in [1.165, 1.54) is 35.1 Å². The van der Waals surface area contributed by atoms with Crippen molar-refractivity contribution in [2.75, 3.05) is 5.32 Å². The SMILES string of the molecule is CC[C@H](C)Nc1ncnc2sc3c(c12)CC[C@H](C)C3. The Balaban J connectivity index is 2.08. The van der Waals surface area contributed by atoms with E-state index in [2.05, 4.69) is 36.1 Å². The molecule has 3 rings (SSSR count). The number of anilines is 1. The van der Waals surface area contributed by atoms with Crippen molar-refractivity contribution in [3.8, 4) is 0 Å². The Morgan fingerprint density at radius 1 is 1.47 bits per heavy atom. The fourth-order valence-electron chi connectivity index (χ4n) is 2.72. The van der Waals surface area contributed by atoms with E-state index in [-0.39, 0.29) is 0 Å². The standard InChI is InChI=1S/C15H21N3S/c1-4-10(3)18-14-13-11-6-5-9(2)7-12(11)19-15(13)17-8-16-14/h8-10H,4-7H2,1-3H3,(H,16,17,18)/t9-,10-/m0/s1. The summed E-state index contributed by atoms with van der Waals surface area (Å²) in [5, 5.41) is 4.82. The first kappa shape index (κ1) is 12.9. The van der Waals surface area contributed by atoms with Gasteiger partial charge in [0.05, 0.1) is 5.39 Å². The van der Waals surface area contributed by atoms with E-state index in [9.17, 15) is 0 Å². The lowest BCUT2D eigenvalue weighted by Crippen LogP contribution is -2.15. The van der Waals surface area contributed by atoms with Crippen molar-refractivity contribution in [3.05, 3.63) is 16.8 Å². The molecule has 1 aliphatic carbocycles. The second-order valence-electron chi connectivity index (χ2n) is 5.71. The normalized spacial score (nSPS) is 20.3. The Labute approximate surface area is 118 Å². The van der Waals surface area contributed by atoms with Crippen LogP contribution in [0.25, 0.3) is 10.2 Å². The average molecular weight is 275 g/mol. The molecule has 0 radical (unpaired) electrons. The molecule has 102 valence electrons. The molecular formula is C15H21N3S. The summed E-state index contributed by atoms with van der Waals surface area (Å²) in [6.07, 6.45) is 6.47. The zero-order chi connectivity index (χ0) is 13.4. The molecule has 0 aromatic carbocycles. The van der Waals surface area contributed by atoms with Crippen molar-refractivity contribution in [2.24, 2.45) is 5.92 Å². The highest BCUT2D eigenvalue weighted by molar-refractivity contribution is 7.19. The molecule has 2 heterocycles. The molecule has 3 nitrogen and oxygen atoms in total. The van der Waals surface area contributed by atoms with Gasteiger partial charge in [0.2, 0.25) is 0 Å². The van der Waals surface area contributed by atoms with Crippen molar-refractivity contribution in [1.82, 2.24) is 9.97 Å². The van der Waals surface area contributed by atoms with Crippen molar-refractivity contribution < 1.29 is 0 Å². The van der Waals surface area contributed by atoms with Gasteiger partial charge in [-0.1, -0.05) is 13.8 Å². The van der Waals surface area contributed by atoms with E-state index in [1.54, 1.807) is 6.33 Å². The van der Waals surface area contributed by atoms with Crippen molar-refractivity contribution in [1.29, 1.82) is 0 Å². The predicted octanol–water partition coefficient (Wildman–Crippen LogP) is 4.03. The van der Waals surface area contributed by atoms with Gasteiger partial charge in [0, 0.05) is 10.9 Å². The molecule has 0 amide bonds. The van der Waals surface area contributed by atoms with Gasteiger partial charge in [0.15, 0.2) is 0 Å². The molecule has 0 aliphatic heterocycles. The summed E-state index contributed by atoms with van der Waals surface area (Å²) in [6, 6.07) is 0.455. The van der Waals surface area contributed by atoms with Gasteiger partial charge < -0.3 is 5.32 Å². The van der Waals surface area contributed by atoms with Gasteiger partial charge >= 0.3 is 0 Å². The topological polar surface area (TPSA) is 37.8 Å². The molecular weight excluding hydrogens is 254 g/mol. The summed E-state index contributed by atoms with van der Waals surface area (Å²) in [6.45, 7) is 6.74. The molecule has 0 fully saturated rings. The Kier molecular flexibility index (Phi) is 3.44. The largest absolute Gasteiger partial charge is 0.367 e. The van der Waals surface area contributed by atoms with Gasteiger partial charge in [0.1, 0.15) is 17.0 Å². The molecule has 2 atom stereocenters. The van der Waals surface area contributed by atoms with Crippen molar-refractivity contribution in [3.63, 3.8) is 0 Å². The van der Waals surface area contributed by atoms with Crippen LogP contribution in [0.4, 0.5) is 5.82 Å². The summed E-state index contributed by atoms with van der Waals surface area (Å²) in [5.41, 5.74) is 1.50. The van der Waals surface area contributed by atoms with Crippen LogP contribution in [0.1, 0.15) is 44.1 Å². The second kappa shape index (κ2) is 5.08. The average Bonchev–Trinajstić information content (AvgIpc) is 2.76. The number of aryl methyl sites for hydroxylation is 1. The monoisotopic (exact) mass is 275 g/mol. The molecule has 0 spiro atoms. The molecule has 0 saturated heterocycles. The molecule has 0 unspecified atom stereocenters. The van der Waals surface area contributed by atoms with E-state index in [1.807, 2.05) is 11.3 Å². The summed E-state index contributed by atoms with van der Waals surface area (Å²) in [5.74, 6) is 1.84. The van der Waals surface area contributed by atoms with Gasteiger partial charge in [0.25, 0.3) is 0 Å². The van der Waals surface area contributed by atoms with E-state index in [4.69, 9.17) is 0 Å². The Morgan fingerprint density at radius 2 is 2.32 bits per heavy atom. The van der Waals surface area contributed by atoms with Crippen LogP contribution in [0.5, 0.6) is 0 Å². The van der Waals surface area contributed by atoms with E-state index in [0.29, 0.717) is 6.04 Å². The third kappa shape index (κ3) is 2.34. The highest BCUT2D eigenvalue weighted by Gasteiger charge is 2.23. The maximum Gasteiger partial charge on any atom is 0.138 e. The van der Waals surface area contributed by atoms with Gasteiger partial charge in [-0.05, 0) is 44.1 Å². The van der Waals surface area contributed by atoms with E-state index < -0.39 is 0 Å². The van der Waals surface area contributed by atoms with Crippen LogP contribution in [-0.2, 0) is 12.8 Å². The maximum atomic E-state index is 4.48. The minimum absolute atomic E-state index is 0.455. The highest BCUT2D eigenvalue weighted by Crippen LogP contribution is 2.39. The lowest BCUT2D eigenvalue weighted by molar-refractivity contribution is 0.509. The molecule has 0 saturated carbocycles. The van der Waals surface area contributed by atoms with Crippen LogP contribution in [0.15, 0.2) is 6.33 Å². The lowest BCUT2D eigenvalue weighted by Gasteiger charge is -2.19. The molecule has 0 bridgehead atoms. The van der Waals surface area contributed by atoms with Crippen molar-refractivity contribution >= 4 is 27.4 Å². The Morgan fingerprint density at radius 3 is 3.11 bits per heavy atom. The van der Waals surface area contributed by atoms with E-state index in [0.717, 1.165) is 23.0 Å². The van der Waals surface area contributed by atoms with Gasteiger partial charge in [-0.2, -0.15) is 0 Å². The second-order valence-corrected chi connectivity index (χ2v) is 6.79. The van der Waals surface area contributed by atoms with Crippen LogP contribution in [0.2, 0.25) is 0 Å². The fraction of sp³-hybridized carbons (Fsp3) is 0.600. The van der Waals surface area contributed by atoms with Crippen LogP contribution in [-0.4, -0.2) is 16.0 Å². The number of fused-ring (bicyclic) bond motifs is 3. The number of aromatic nitrogens is 2. The summed E-state index contributed by atoms with van der Waals surface area (Å²) in [7, 11) is 0. The first-order valence-corrected chi connectivity index (χ1v) is 8.02. The van der Waals surface area contributed by atoms with Gasteiger partial charge in [-0.15, -0.1) is 11.3 Å². The van der Waals surface area contributed by atoms with Gasteiger partial charge in [-0.25, -0.2) is 9.97 Å². The van der Waals surface area contributed by atoms with Crippen LogP contribution in [0.3, 0.4) is 0 Å². The highest BCUT2D eigenvalue weighted by atomic mass is 32.1. The number of nitrogens with zero attached hydrogens (tertiary/aromatic N) is 2. The molecule has 1 aliphatic rings. The van der Waals surface area contributed by atoms with Crippen LogP contribution < -0.4 is 5.32 Å². The number of nitrogens with one attached hydrogen (secondary N) is 1. The lowest BCUT2D eigenvalue weighted by atomic mass is 9.89. The molecule has 1 N–H and O–H groups in total. The van der Waals surface area contributed by atoms with Crippen molar-refractivity contribution in [2.45, 2.75) is 52.5 Å². The zero-order valence-electron chi connectivity index (χ0n) is 11.9. The summed E-state index contributed by atoms with van der Waals surface area (Å²) < 4.78 is 0. The summed E-state index contributed by atoms with van der Waals surface area (Å²) >= 11 is 1.86. The minimum atomic E-state index is 0.455. The first-order valence-electron chi connectivity index (χ1n) is 7.20. The van der Waals surface area contributed by atoms with Crippen LogP contribution >= 0.6 is 11.3 Å². The van der Waals surface area contributed by atoms with Crippen LogP contribution in [0, 0.1) is 5.92 Å². The van der Waals surface area contributed by atoms with Gasteiger partial charge in [-0.3, -0.25) is 0 Å². The number of thiophene rings is 1. The maximum absolute atomic E-state index is 4.48. The number of hydrogen-bond acceptors (Lipinski definition) is 4.